The van der Waals surface area contributed by atoms with Crippen LogP contribution in [0.15, 0.2) is 18.2 Å². The zero-order valence-corrected chi connectivity index (χ0v) is 12.2. The van der Waals surface area contributed by atoms with E-state index >= 15 is 0 Å². The molecule has 1 unspecified atom stereocenters. The van der Waals surface area contributed by atoms with Gasteiger partial charge in [0.05, 0.1) is 5.60 Å². The first-order valence-electron chi connectivity index (χ1n) is 6.59. The van der Waals surface area contributed by atoms with Gasteiger partial charge >= 0.3 is 0 Å². The quantitative estimate of drug-likeness (QED) is 0.902. The lowest BCUT2D eigenvalue weighted by atomic mass is 9.93. The van der Waals surface area contributed by atoms with Crippen LogP contribution >= 0.6 is 11.6 Å². The number of benzene rings is 1. The third-order valence-electron chi connectivity index (χ3n) is 3.58. The Balaban J connectivity index is 1.91. The van der Waals surface area contributed by atoms with E-state index in [-0.39, 0.29) is 5.60 Å². The van der Waals surface area contributed by atoms with E-state index in [9.17, 15) is 0 Å². The minimum Gasteiger partial charge on any atom is -0.375 e. The molecule has 100 valence electrons. The van der Waals surface area contributed by atoms with E-state index in [1.165, 1.54) is 11.1 Å². The number of ether oxygens (including phenoxy) is 1. The van der Waals surface area contributed by atoms with E-state index in [1.54, 1.807) is 0 Å². The molecule has 0 saturated carbocycles. The van der Waals surface area contributed by atoms with E-state index in [0.717, 1.165) is 31.0 Å². The summed E-state index contributed by atoms with van der Waals surface area (Å²) in [6, 6.07) is 6.63. The van der Waals surface area contributed by atoms with Crippen LogP contribution in [0.2, 0.25) is 5.02 Å². The van der Waals surface area contributed by atoms with Crippen LogP contribution in [0.5, 0.6) is 0 Å². The van der Waals surface area contributed by atoms with E-state index in [4.69, 9.17) is 16.3 Å². The Morgan fingerprint density at radius 2 is 2.22 bits per heavy atom. The van der Waals surface area contributed by atoms with Gasteiger partial charge in [-0.3, -0.25) is 0 Å². The molecular weight excluding hydrogens is 246 g/mol. The van der Waals surface area contributed by atoms with Gasteiger partial charge in [0.2, 0.25) is 0 Å². The summed E-state index contributed by atoms with van der Waals surface area (Å²) in [5.41, 5.74) is 2.58. The first-order valence-corrected chi connectivity index (χ1v) is 6.96. The summed E-state index contributed by atoms with van der Waals surface area (Å²) >= 11 is 5.97. The van der Waals surface area contributed by atoms with Gasteiger partial charge in [0.25, 0.3) is 0 Å². The summed E-state index contributed by atoms with van der Waals surface area (Å²) in [7, 11) is 0. The van der Waals surface area contributed by atoms with Crippen molar-refractivity contribution in [3.8, 4) is 0 Å². The molecule has 1 saturated heterocycles. The van der Waals surface area contributed by atoms with Crippen LogP contribution in [0, 0.1) is 6.92 Å². The summed E-state index contributed by atoms with van der Waals surface area (Å²) in [6.07, 6.45) is 2.16. The number of hydrogen-bond acceptors (Lipinski definition) is 2. The summed E-state index contributed by atoms with van der Waals surface area (Å²) < 4.78 is 5.73. The maximum Gasteiger partial charge on any atom is 0.0641 e. The van der Waals surface area contributed by atoms with E-state index in [1.807, 2.05) is 12.1 Å². The fraction of sp³-hybridized carbons (Fsp3) is 0.600. The molecular formula is C15H22ClNO. The van der Waals surface area contributed by atoms with Crippen molar-refractivity contribution < 1.29 is 4.74 Å². The van der Waals surface area contributed by atoms with Crippen LogP contribution in [0.4, 0.5) is 0 Å². The van der Waals surface area contributed by atoms with Crippen molar-refractivity contribution >= 4 is 11.6 Å². The van der Waals surface area contributed by atoms with Crippen molar-refractivity contribution in [1.29, 1.82) is 0 Å². The fourth-order valence-electron chi connectivity index (χ4n) is 2.52. The van der Waals surface area contributed by atoms with E-state index in [2.05, 4.69) is 32.2 Å². The second-order valence-corrected chi connectivity index (χ2v) is 6.19. The molecule has 1 N–H and O–H groups in total. The van der Waals surface area contributed by atoms with E-state index in [0.29, 0.717) is 6.04 Å². The molecule has 1 atom stereocenters. The van der Waals surface area contributed by atoms with Gasteiger partial charge in [0.1, 0.15) is 0 Å². The number of rotatable bonds is 3. The highest BCUT2D eigenvalue weighted by molar-refractivity contribution is 6.30. The number of hydrogen-bond donors (Lipinski definition) is 1. The average Bonchev–Trinajstić information content (AvgIpc) is 2.26. The van der Waals surface area contributed by atoms with Gasteiger partial charge in [-0.15, -0.1) is 0 Å². The summed E-state index contributed by atoms with van der Waals surface area (Å²) in [4.78, 5) is 0. The van der Waals surface area contributed by atoms with Crippen LogP contribution in [-0.2, 0) is 11.3 Å². The maximum atomic E-state index is 5.97. The summed E-state index contributed by atoms with van der Waals surface area (Å²) in [5.74, 6) is 0. The zero-order chi connectivity index (χ0) is 13.2. The van der Waals surface area contributed by atoms with Crippen molar-refractivity contribution in [2.24, 2.45) is 0 Å². The molecule has 0 amide bonds. The highest BCUT2D eigenvalue weighted by Gasteiger charge is 2.28. The predicted molar refractivity (Wildman–Crippen MR) is 76.1 cm³/mol. The first kappa shape index (κ1) is 13.9. The Morgan fingerprint density at radius 1 is 1.44 bits per heavy atom. The number of halogens is 1. The Hall–Kier alpha value is -0.570. The van der Waals surface area contributed by atoms with Gasteiger partial charge in [-0.2, -0.15) is 0 Å². The van der Waals surface area contributed by atoms with Crippen molar-refractivity contribution in [2.45, 2.75) is 51.8 Å². The Morgan fingerprint density at radius 3 is 2.89 bits per heavy atom. The van der Waals surface area contributed by atoms with Crippen molar-refractivity contribution in [2.75, 3.05) is 6.61 Å². The molecule has 0 bridgehead atoms. The average molecular weight is 268 g/mol. The normalized spacial score (nSPS) is 23.0. The van der Waals surface area contributed by atoms with Gasteiger partial charge in [0.15, 0.2) is 0 Å². The van der Waals surface area contributed by atoms with Crippen LogP contribution < -0.4 is 5.32 Å². The highest BCUT2D eigenvalue weighted by atomic mass is 35.5. The zero-order valence-electron chi connectivity index (χ0n) is 11.4. The van der Waals surface area contributed by atoms with Crippen molar-refractivity contribution in [3.63, 3.8) is 0 Å². The number of nitrogens with one attached hydrogen (secondary N) is 1. The molecule has 1 aromatic carbocycles. The molecule has 1 aliphatic rings. The molecule has 1 aromatic rings. The Labute approximate surface area is 115 Å². The molecule has 0 aromatic heterocycles. The topological polar surface area (TPSA) is 21.3 Å². The molecule has 1 aliphatic heterocycles. The Kier molecular flexibility index (Phi) is 4.31. The molecule has 2 rings (SSSR count). The van der Waals surface area contributed by atoms with Crippen LogP contribution in [0.25, 0.3) is 0 Å². The smallest absolute Gasteiger partial charge is 0.0641 e. The maximum absolute atomic E-state index is 5.97. The Bertz CT molecular complexity index is 417. The molecule has 3 heteroatoms. The van der Waals surface area contributed by atoms with Crippen molar-refractivity contribution in [3.05, 3.63) is 34.3 Å². The molecule has 1 heterocycles. The monoisotopic (exact) mass is 267 g/mol. The van der Waals surface area contributed by atoms with Gasteiger partial charge in [-0.25, -0.2) is 0 Å². The minimum absolute atomic E-state index is 0.00492. The largest absolute Gasteiger partial charge is 0.375 e. The lowest BCUT2D eigenvalue weighted by Crippen LogP contribution is -2.43. The van der Waals surface area contributed by atoms with Crippen LogP contribution in [-0.4, -0.2) is 18.2 Å². The van der Waals surface area contributed by atoms with Crippen molar-refractivity contribution in [1.82, 2.24) is 5.32 Å². The molecule has 18 heavy (non-hydrogen) atoms. The summed E-state index contributed by atoms with van der Waals surface area (Å²) in [6.45, 7) is 8.19. The van der Waals surface area contributed by atoms with Gasteiger partial charge in [-0.1, -0.05) is 17.7 Å². The van der Waals surface area contributed by atoms with Gasteiger partial charge in [0, 0.05) is 24.2 Å². The van der Waals surface area contributed by atoms with Crippen LogP contribution in [0.3, 0.4) is 0 Å². The SMILES string of the molecule is Cc1cc(Cl)ccc1CNC1CCOC(C)(C)C1. The molecule has 0 radical (unpaired) electrons. The molecule has 0 aliphatic carbocycles. The fourth-order valence-corrected chi connectivity index (χ4v) is 2.74. The second kappa shape index (κ2) is 5.60. The minimum atomic E-state index is 0.00492. The molecule has 1 fully saturated rings. The predicted octanol–water partition coefficient (Wildman–Crippen LogP) is 3.70. The lowest BCUT2D eigenvalue weighted by molar-refractivity contribution is -0.0630. The van der Waals surface area contributed by atoms with E-state index < -0.39 is 0 Å². The van der Waals surface area contributed by atoms with Crippen LogP contribution in [0.1, 0.15) is 37.8 Å². The van der Waals surface area contributed by atoms with Gasteiger partial charge < -0.3 is 10.1 Å². The van der Waals surface area contributed by atoms with Gasteiger partial charge in [-0.05, 0) is 56.9 Å². The number of aryl methyl sites for hydroxylation is 1. The summed E-state index contributed by atoms with van der Waals surface area (Å²) in [5, 5.41) is 4.44. The first-order chi connectivity index (χ1) is 8.46. The molecule has 2 nitrogen and oxygen atoms in total. The third kappa shape index (κ3) is 3.71. The standard InChI is InChI=1S/C15H22ClNO/c1-11-8-13(16)5-4-12(11)10-17-14-6-7-18-15(2,3)9-14/h4-5,8,14,17H,6-7,9-10H2,1-3H3. The third-order valence-corrected chi connectivity index (χ3v) is 3.82. The second-order valence-electron chi connectivity index (χ2n) is 5.75. The molecule has 0 spiro atoms. The highest BCUT2D eigenvalue weighted by Crippen LogP contribution is 2.24. The lowest BCUT2D eigenvalue weighted by Gasteiger charge is -2.36.